The molecule has 1 atom stereocenters. The van der Waals surface area contributed by atoms with Crippen molar-refractivity contribution in [2.45, 2.75) is 6.10 Å². The van der Waals surface area contributed by atoms with Gasteiger partial charge in [-0.2, -0.15) is 16.4 Å². The Kier molecular flexibility index (Phi) is 4.08. The average molecular weight is 316 g/mol. The van der Waals surface area contributed by atoms with E-state index in [0.29, 0.717) is 11.4 Å². The molecule has 1 unspecified atom stereocenters. The molecule has 0 bridgehead atoms. The Labute approximate surface area is 131 Å². The number of carbonyl (C=O) groups is 1. The number of nitrogens with zero attached hydrogens (tertiary/aromatic N) is 3. The van der Waals surface area contributed by atoms with Crippen LogP contribution in [0.4, 0.5) is 0 Å². The molecule has 0 fully saturated rings. The summed E-state index contributed by atoms with van der Waals surface area (Å²) in [5.41, 5.74) is 1.28. The molecule has 3 aromatic heterocycles. The van der Waals surface area contributed by atoms with Gasteiger partial charge in [0.05, 0.1) is 12.3 Å². The second-order valence-corrected chi connectivity index (χ2v) is 5.66. The quantitative estimate of drug-likeness (QED) is 0.753. The first kappa shape index (κ1) is 14.6. The van der Waals surface area contributed by atoms with Crippen LogP contribution >= 0.6 is 11.3 Å². The van der Waals surface area contributed by atoms with Crippen molar-refractivity contribution in [3.05, 3.63) is 58.7 Å². The molecule has 0 spiro atoms. The summed E-state index contributed by atoms with van der Waals surface area (Å²) in [6.45, 7) is 0.162. The van der Waals surface area contributed by atoms with Crippen molar-refractivity contribution in [1.82, 2.24) is 19.7 Å². The molecule has 0 aliphatic rings. The van der Waals surface area contributed by atoms with E-state index in [1.807, 2.05) is 45.9 Å². The van der Waals surface area contributed by atoms with Crippen LogP contribution in [0, 0.1) is 0 Å². The summed E-state index contributed by atoms with van der Waals surface area (Å²) in [6.07, 6.45) is 4.53. The maximum Gasteiger partial charge on any atom is 0.256 e. The van der Waals surface area contributed by atoms with E-state index in [-0.39, 0.29) is 12.5 Å². The van der Waals surface area contributed by atoms with E-state index >= 15 is 0 Å². The standard InChI is InChI=1S/C15H16N4O2S/c1-18-15(19-5-2-3-6-19)12(8-17-18)14(21)16-9-13(20)11-4-7-22-10-11/h2-8,10,13,20H,9H2,1H3,(H,16,21). The number of nitrogens with one attached hydrogen (secondary N) is 1. The van der Waals surface area contributed by atoms with Gasteiger partial charge in [0.1, 0.15) is 11.4 Å². The van der Waals surface area contributed by atoms with Crippen LogP contribution in [-0.4, -0.2) is 31.9 Å². The summed E-state index contributed by atoms with van der Waals surface area (Å²) >= 11 is 1.51. The van der Waals surface area contributed by atoms with Crippen molar-refractivity contribution < 1.29 is 9.90 Å². The molecular formula is C15H16N4O2S. The molecule has 3 rings (SSSR count). The van der Waals surface area contributed by atoms with Crippen molar-refractivity contribution in [3.8, 4) is 5.82 Å². The van der Waals surface area contributed by atoms with Crippen LogP contribution in [0.1, 0.15) is 22.0 Å². The summed E-state index contributed by atoms with van der Waals surface area (Å²) in [5.74, 6) is 0.429. The van der Waals surface area contributed by atoms with E-state index in [9.17, 15) is 9.90 Å². The minimum Gasteiger partial charge on any atom is -0.387 e. The maximum absolute atomic E-state index is 12.4. The summed E-state index contributed by atoms with van der Waals surface area (Å²) < 4.78 is 3.47. The van der Waals surface area contributed by atoms with E-state index in [4.69, 9.17) is 0 Å². The molecule has 6 nitrogen and oxygen atoms in total. The van der Waals surface area contributed by atoms with E-state index < -0.39 is 6.10 Å². The monoisotopic (exact) mass is 316 g/mol. The minimum absolute atomic E-state index is 0.162. The van der Waals surface area contributed by atoms with Crippen LogP contribution in [0.3, 0.4) is 0 Å². The first-order valence-electron chi connectivity index (χ1n) is 6.80. The number of aliphatic hydroxyl groups excluding tert-OH is 1. The SMILES string of the molecule is Cn1ncc(C(=O)NCC(O)c2ccsc2)c1-n1cccc1. The average Bonchev–Trinajstić information content (AvgIpc) is 3.24. The van der Waals surface area contributed by atoms with Crippen LogP contribution in [0.5, 0.6) is 0 Å². The lowest BCUT2D eigenvalue weighted by Gasteiger charge is -2.11. The molecule has 22 heavy (non-hydrogen) atoms. The fourth-order valence-electron chi connectivity index (χ4n) is 2.24. The van der Waals surface area contributed by atoms with Gasteiger partial charge >= 0.3 is 0 Å². The lowest BCUT2D eigenvalue weighted by molar-refractivity contribution is 0.0916. The Hall–Kier alpha value is -2.38. The zero-order chi connectivity index (χ0) is 15.5. The number of amides is 1. The van der Waals surface area contributed by atoms with Crippen molar-refractivity contribution in [1.29, 1.82) is 0 Å². The van der Waals surface area contributed by atoms with Gasteiger partial charge in [-0.1, -0.05) is 0 Å². The predicted octanol–water partition coefficient (Wildman–Crippen LogP) is 1.74. The van der Waals surface area contributed by atoms with Gasteiger partial charge in [-0.05, 0) is 34.5 Å². The molecule has 0 saturated heterocycles. The molecule has 0 aliphatic carbocycles. The number of hydrogen-bond donors (Lipinski definition) is 2. The third kappa shape index (κ3) is 2.81. The van der Waals surface area contributed by atoms with Gasteiger partial charge in [-0.15, -0.1) is 0 Å². The van der Waals surface area contributed by atoms with Gasteiger partial charge in [-0.25, -0.2) is 0 Å². The van der Waals surface area contributed by atoms with Crippen molar-refractivity contribution in [2.24, 2.45) is 7.05 Å². The van der Waals surface area contributed by atoms with E-state index in [1.54, 1.807) is 11.7 Å². The van der Waals surface area contributed by atoms with E-state index in [0.717, 1.165) is 5.56 Å². The van der Waals surface area contributed by atoms with E-state index in [2.05, 4.69) is 10.4 Å². The number of aliphatic hydroxyl groups is 1. The zero-order valence-corrected chi connectivity index (χ0v) is 12.8. The number of carbonyl (C=O) groups excluding carboxylic acids is 1. The molecule has 3 heterocycles. The van der Waals surface area contributed by atoms with Crippen molar-refractivity contribution in [2.75, 3.05) is 6.54 Å². The molecule has 0 aromatic carbocycles. The summed E-state index contributed by atoms with van der Waals surface area (Å²) in [6, 6.07) is 5.61. The highest BCUT2D eigenvalue weighted by molar-refractivity contribution is 7.07. The molecule has 0 saturated carbocycles. The second kappa shape index (κ2) is 6.17. The molecule has 114 valence electrons. The highest BCUT2D eigenvalue weighted by atomic mass is 32.1. The Bertz CT molecular complexity index is 747. The van der Waals surface area contributed by atoms with Gasteiger partial charge in [-0.3, -0.25) is 9.48 Å². The van der Waals surface area contributed by atoms with Gasteiger partial charge in [0.15, 0.2) is 0 Å². The number of thiophene rings is 1. The van der Waals surface area contributed by atoms with E-state index in [1.165, 1.54) is 17.5 Å². The van der Waals surface area contributed by atoms with Gasteiger partial charge < -0.3 is 15.0 Å². The molecule has 7 heteroatoms. The fourth-order valence-corrected chi connectivity index (χ4v) is 2.95. The third-order valence-electron chi connectivity index (χ3n) is 3.39. The lowest BCUT2D eigenvalue weighted by atomic mass is 10.2. The van der Waals surface area contributed by atoms with Gasteiger partial charge in [0.25, 0.3) is 5.91 Å². The topological polar surface area (TPSA) is 72.1 Å². The van der Waals surface area contributed by atoms with Crippen molar-refractivity contribution in [3.63, 3.8) is 0 Å². The number of aryl methyl sites for hydroxylation is 1. The first-order valence-corrected chi connectivity index (χ1v) is 7.75. The zero-order valence-electron chi connectivity index (χ0n) is 12.0. The number of aromatic nitrogens is 3. The summed E-state index contributed by atoms with van der Waals surface area (Å²) in [5, 5.41) is 20.7. The number of rotatable bonds is 5. The highest BCUT2D eigenvalue weighted by Gasteiger charge is 2.18. The minimum atomic E-state index is -0.707. The molecular weight excluding hydrogens is 300 g/mol. The van der Waals surface area contributed by atoms with Gasteiger partial charge in [0, 0.05) is 26.0 Å². The van der Waals surface area contributed by atoms with Crippen molar-refractivity contribution >= 4 is 17.2 Å². The lowest BCUT2D eigenvalue weighted by Crippen LogP contribution is -2.29. The van der Waals surface area contributed by atoms with Crippen LogP contribution in [-0.2, 0) is 7.05 Å². The highest BCUT2D eigenvalue weighted by Crippen LogP contribution is 2.17. The fraction of sp³-hybridized carbons (Fsp3) is 0.200. The molecule has 1 amide bonds. The Morgan fingerprint density at radius 1 is 1.45 bits per heavy atom. The summed E-state index contributed by atoms with van der Waals surface area (Å²) in [4.78, 5) is 12.4. The molecule has 2 N–H and O–H groups in total. The predicted molar refractivity (Wildman–Crippen MR) is 84.1 cm³/mol. The summed E-state index contributed by atoms with van der Waals surface area (Å²) in [7, 11) is 1.78. The van der Waals surface area contributed by atoms with Crippen LogP contribution in [0.25, 0.3) is 5.82 Å². The molecule has 0 radical (unpaired) electrons. The van der Waals surface area contributed by atoms with Gasteiger partial charge in [0.2, 0.25) is 0 Å². The smallest absolute Gasteiger partial charge is 0.256 e. The largest absolute Gasteiger partial charge is 0.387 e. The Balaban J connectivity index is 1.73. The van der Waals surface area contributed by atoms with Crippen LogP contribution in [0.2, 0.25) is 0 Å². The third-order valence-corrected chi connectivity index (χ3v) is 4.09. The second-order valence-electron chi connectivity index (χ2n) is 4.88. The Morgan fingerprint density at radius 2 is 2.23 bits per heavy atom. The molecule has 3 aromatic rings. The Morgan fingerprint density at radius 3 is 2.91 bits per heavy atom. The van der Waals surface area contributed by atoms with Crippen LogP contribution in [0.15, 0.2) is 47.5 Å². The molecule has 0 aliphatic heterocycles. The van der Waals surface area contributed by atoms with Crippen LogP contribution < -0.4 is 5.32 Å². The maximum atomic E-state index is 12.4. The number of hydrogen-bond acceptors (Lipinski definition) is 4. The normalized spacial score (nSPS) is 12.3. The first-order chi connectivity index (χ1) is 10.7.